The average molecular weight is 172 g/mol. The van der Waals surface area contributed by atoms with E-state index in [9.17, 15) is 0 Å². The number of likely N-dealkylation sites (N-methyl/N-ethyl adjacent to an activating group) is 1. The third-order valence-electron chi connectivity index (χ3n) is 2.19. The zero-order chi connectivity index (χ0) is 8.97. The molecule has 0 aromatic heterocycles. The van der Waals surface area contributed by atoms with Crippen molar-refractivity contribution in [2.45, 2.75) is 13.0 Å². The van der Waals surface area contributed by atoms with Gasteiger partial charge in [0.2, 0.25) is 0 Å². The fourth-order valence-electron chi connectivity index (χ4n) is 1.44. The second kappa shape index (κ2) is 4.80. The third-order valence-corrected chi connectivity index (χ3v) is 2.19. The van der Waals surface area contributed by atoms with Crippen molar-refractivity contribution in [3.8, 4) is 0 Å². The van der Waals surface area contributed by atoms with Crippen molar-refractivity contribution in [1.29, 1.82) is 0 Å². The molecule has 12 heavy (non-hydrogen) atoms. The summed E-state index contributed by atoms with van der Waals surface area (Å²) in [7, 11) is 4.23. The van der Waals surface area contributed by atoms with E-state index < -0.39 is 0 Å². The Labute approximate surface area is 75.3 Å². The minimum Gasteiger partial charge on any atom is -0.376 e. The summed E-state index contributed by atoms with van der Waals surface area (Å²) in [5, 5.41) is 0. The molecule has 3 heteroatoms. The molecule has 3 nitrogen and oxygen atoms in total. The zero-order valence-corrected chi connectivity index (χ0v) is 8.42. The van der Waals surface area contributed by atoms with Crippen LogP contribution in [0, 0.1) is 0 Å². The Hall–Kier alpha value is -0.120. The van der Waals surface area contributed by atoms with Crippen LogP contribution in [0.4, 0.5) is 0 Å². The molecule has 72 valence electrons. The molecule has 0 aromatic carbocycles. The maximum absolute atomic E-state index is 5.46. The summed E-state index contributed by atoms with van der Waals surface area (Å²) < 4.78 is 5.46. The van der Waals surface area contributed by atoms with Gasteiger partial charge in [0, 0.05) is 26.2 Å². The van der Waals surface area contributed by atoms with Crippen LogP contribution in [0.3, 0.4) is 0 Å². The molecular weight excluding hydrogens is 152 g/mol. The van der Waals surface area contributed by atoms with Crippen LogP contribution in [0.5, 0.6) is 0 Å². The second-order valence-electron chi connectivity index (χ2n) is 3.79. The normalized spacial score (nSPS) is 26.5. The van der Waals surface area contributed by atoms with Gasteiger partial charge in [0.25, 0.3) is 0 Å². The van der Waals surface area contributed by atoms with E-state index in [1.54, 1.807) is 0 Å². The highest BCUT2D eigenvalue weighted by atomic mass is 16.5. The van der Waals surface area contributed by atoms with E-state index in [1.165, 1.54) is 6.54 Å². The van der Waals surface area contributed by atoms with E-state index in [0.29, 0.717) is 6.10 Å². The van der Waals surface area contributed by atoms with Crippen molar-refractivity contribution in [2.24, 2.45) is 0 Å². The Morgan fingerprint density at radius 3 is 2.83 bits per heavy atom. The van der Waals surface area contributed by atoms with Crippen molar-refractivity contribution in [1.82, 2.24) is 9.80 Å². The minimum atomic E-state index is 0.418. The van der Waals surface area contributed by atoms with E-state index >= 15 is 0 Å². The first-order valence-electron chi connectivity index (χ1n) is 4.67. The molecule has 1 aliphatic heterocycles. The standard InChI is InChI=1S/C9H20N2O/c1-9-8-11(6-7-12-9)5-4-10(2)3/h9H,4-8H2,1-3H3/t9-/m0/s1. The highest BCUT2D eigenvalue weighted by Gasteiger charge is 2.15. The van der Waals surface area contributed by atoms with E-state index in [0.717, 1.165) is 26.2 Å². The molecule has 1 saturated heterocycles. The Kier molecular flexibility index (Phi) is 3.98. The quantitative estimate of drug-likeness (QED) is 0.607. The van der Waals surface area contributed by atoms with Gasteiger partial charge in [0.1, 0.15) is 0 Å². The molecule has 0 aromatic rings. The van der Waals surface area contributed by atoms with Crippen molar-refractivity contribution in [3.63, 3.8) is 0 Å². The molecule has 0 unspecified atom stereocenters. The highest BCUT2D eigenvalue weighted by Crippen LogP contribution is 2.03. The summed E-state index contributed by atoms with van der Waals surface area (Å²) in [6.07, 6.45) is 0.418. The van der Waals surface area contributed by atoms with E-state index in [1.807, 2.05) is 0 Å². The maximum Gasteiger partial charge on any atom is 0.0674 e. The molecule has 1 fully saturated rings. The van der Waals surface area contributed by atoms with Gasteiger partial charge in [-0.1, -0.05) is 0 Å². The van der Waals surface area contributed by atoms with Gasteiger partial charge < -0.3 is 9.64 Å². The fourth-order valence-corrected chi connectivity index (χ4v) is 1.44. The molecule has 0 amide bonds. The van der Waals surface area contributed by atoms with Crippen LogP contribution in [0.15, 0.2) is 0 Å². The Bertz CT molecular complexity index is 128. The zero-order valence-electron chi connectivity index (χ0n) is 8.42. The molecule has 0 bridgehead atoms. The van der Waals surface area contributed by atoms with Crippen LogP contribution in [0.2, 0.25) is 0 Å². The fraction of sp³-hybridized carbons (Fsp3) is 1.00. The monoisotopic (exact) mass is 172 g/mol. The van der Waals surface area contributed by atoms with Crippen molar-refractivity contribution < 1.29 is 4.74 Å². The molecule has 0 aliphatic carbocycles. The number of ether oxygens (including phenoxy) is 1. The van der Waals surface area contributed by atoms with Crippen molar-refractivity contribution in [3.05, 3.63) is 0 Å². The molecule has 1 heterocycles. The van der Waals surface area contributed by atoms with Gasteiger partial charge in [0.05, 0.1) is 12.7 Å². The molecule has 0 radical (unpaired) electrons. The van der Waals surface area contributed by atoms with Gasteiger partial charge >= 0.3 is 0 Å². The summed E-state index contributed by atoms with van der Waals surface area (Å²) in [6, 6.07) is 0. The summed E-state index contributed by atoms with van der Waals surface area (Å²) in [4.78, 5) is 4.69. The van der Waals surface area contributed by atoms with Crippen LogP contribution in [-0.4, -0.2) is 62.8 Å². The van der Waals surface area contributed by atoms with Crippen LogP contribution >= 0.6 is 0 Å². The first kappa shape index (κ1) is 9.96. The van der Waals surface area contributed by atoms with Crippen LogP contribution < -0.4 is 0 Å². The van der Waals surface area contributed by atoms with Gasteiger partial charge in [0.15, 0.2) is 0 Å². The molecule has 1 atom stereocenters. The minimum absolute atomic E-state index is 0.418. The summed E-state index contributed by atoms with van der Waals surface area (Å²) in [6.45, 7) is 7.54. The molecule has 0 spiro atoms. The predicted molar refractivity (Wildman–Crippen MR) is 50.4 cm³/mol. The number of hydrogen-bond acceptors (Lipinski definition) is 3. The molecular formula is C9H20N2O. The first-order chi connectivity index (χ1) is 5.68. The second-order valence-corrected chi connectivity index (χ2v) is 3.79. The van der Waals surface area contributed by atoms with Crippen LogP contribution in [0.1, 0.15) is 6.92 Å². The van der Waals surface area contributed by atoms with Crippen LogP contribution in [-0.2, 0) is 4.74 Å². The Balaban J connectivity index is 2.14. The maximum atomic E-state index is 5.46. The summed E-state index contributed by atoms with van der Waals surface area (Å²) in [5.74, 6) is 0. The largest absolute Gasteiger partial charge is 0.376 e. The van der Waals surface area contributed by atoms with Crippen LogP contribution in [0.25, 0.3) is 0 Å². The van der Waals surface area contributed by atoms with Gasteiger partial charge in [-0.15, -0.1) is 0 Å². The summed E-state index contributed by atoms with van der Waals surface area (Å²) in [5.41, 5.74) is 0. The lowest BCUT2D eigenvalue weighted by Gasteiger charge is -2.31. The lowest BCUT2D eigenvalue weighted by atomic mass is 10.3. The van der Waals surface area contributed by atoms with Crippen molar-refractivity contribution in [2.75, 3.05) is 46.9 Å². The topological polar surface area (TPSA) is 15.7 Å². The molecule has 1 aliphatic rings. The van der Waals surface area contributed by atoms with Gasteiger partial charge in [-0.05, 0) is 21.0 Å². The SMILES string of the molecule is C[C@H]1CN(CCN(C)C)CCO1. The predicted octanol–water partition coefficient (Wildman–Crippen LogP) is 0.269. The van der Waals surface area contributed by atoms with E-state index in [2.05, 4.69) is 30.8 Å². The molecule has 0 N–H and O–H groups in total. The Morgan fingerprint density at radius 1 is 1.50 bits per heavy atom. The number of nitrogens with zero attached hydrogens (tertiary/aromatic N) is 2. The summed E-state index contributed by atoms with van der Waals surface area (Å²) >= 11 is 0. The number of rotatable bonds is 3. The first-order valence-corrected chi connectivity index (χ1v) is 4.67. The Morgan fingerprint density at radius 2 is 2.25 bits per heavy atom. The number of hydrogen-bond donors (Lipinski definition) is 0. The third kappa shape index (κ3) is 3.52. The highest BCUT2D eigenvalue weighted by molar-refractivity contribution is 4.68. The van der Waals surface area contributed by atoms with Crippen molar-refractivity contribution >= 4 is 0 Å². The lowest BCUT2D eigenvalue weighted by Crippen LogP contribution is -2.43. The molecule has 1 rings (SSSR count). The van der Waals surface area contributed by atoms with E-state index in [4.69, 9.17) is 4.74 Å². The van der Waals surface area contributed by atoms with Gasteiger partial charge in [-0.3, -0.25) is 4.90 Å². The number of morpholine rings is 1. The van der Waals surface area contributed by atoms with E-state index in [-0.39, 0.29) is 0 Å². The lowest BCUT2D eigenvalue weighted by molar-refractivity contribution is -0.0195. The average Bonchev–Trinajstić information content (AvgIpc) is 2.01. The van der Waals surface area contributed by atoms with Gasteiger partial charge in [-0.2, -0.15) is 0 Å². The molecule has 0 saturated carbocycles. The van der Waals surface area contributed by atoms with Gasteiger partial charge in [-0.25, -0.2) is 0 Å². The smallest absolute Gasteiger partial charge is 0.0674 e.